The van der Waals surface area contributed by atoms with Crippen LogP contribution in [0.25, 0.3) is 0 Å². The average molecular weight is 250 g/mol. The first-order valence-electron chi connectivity index (χ1n) is 6.44. The van der Waals surface area contributed by atoms with E-state index in [9.17, 15) is 5.11 Å². The molecule has 100 valence electrons. The average Bonchev–Trinajstić information content (AvgIpc) is 2.42. The summed E-state index contributed by atoms with van der Waals surface area (Å²) >= 11 is 0. The molecule has 4 heteroatoms. The first-order valence-corrected chi connectivity index (χ1v) is 6.44. The molecule has 0 aliphatic carbocycles. The van der Waals surface area contributed by atoms with E-state index in [4.69, 9.17) is 4.74 Å². The first-order chi connectivity index (χ1) is 8.70. The molecule has 0 radical (unpaired) electrons. The molecule has 1 aliphatic heterocycles. The molecule has 4 nitrogen and oxygen atoms in total. The summed E-state index contributed by atoms with van der Waals surface area (Å²) in [5.41, 5.74) is 0.759. The van der Waals surface area contributed by atoms with E-state index in [-0.39, 0.29) is 12.1 Å². The highest BCUT2D eigenvalue weighted by Crippen LogP contribution is 2.29. The van der Waals surface area contributed by atoms with Gasteiger partial charge in [0.25, 0.3) is 0 Å². The normalized spacial score (nSPS) is 27.8. The maximum Gasteiger partial charge on any atom is 0.120 e. The number of methoxy groups -OCH3 is 1. The van der Waals surface area contributed by atoms with Gasteiger partial charge >= 0.3 is 0 Å². The number of piperidine rings is 1. The monoisotopic (exact) mass is 250 g/mol. The van der Waals surface area contributed by atoms with Gasteiger partial charge in [0.15, 0.2) is 0 Å². The molecule has 1 fully saturated rings. The van der Waals surface area contributed by atoms with Gasteiger partial charge < -0.3 is 20.5 Å². The highest BCUT2D eigenvalue weighted by atomic mass is 16.5. The predicted octanol–water partition coefficient (Wildman–Crippen LogP) is 1.47. The number of benzene rings is 1. The van der Waals surface area contributed by atoms with Crippen molar-refractivity contribution in [2.75, 3.05) is 32.1 Å². The predicted molar refractivity (Wildman–Crippen MR) is 73.1 cm³/mol. The number of ether oxygens (including phenoxy) is 1. The quantitative estimate of drug-likeness (QED) is 0.757. The van der Waals surface area contributed by atoms with Crippen molar-refractivity contribution in [3.05, 3.63) is 24.3 Å². The van der Waals surface area contributed by atoms with Crippen LogP contribution in [0.5, 0.6) is 5.75 Å². The van der Waals surface area contributed by atoms with Gasteiger partial charge in [0, 0.05) is 18.3 Å². The second kappa shape index (κ2) is 5.59. The maximum atomic E-state index is 9.78. The Balaban J connectivity index is 2.18. The zero-order chi connectivity index (χ0) is 13.0. The van der Waals surface area contributed by atoms with Gasteiger partial charge in [-0.25, -0.2) is 0 Å². The number of hydrogen-bond donors (Lipinski definition) is 3. The Hall–Kier alpha value is -1.26. The third-order valence-electron chi connectivity index (χ3n) is 3.89. The minimum absolute atomic E-state index is 0.146. The third-order valence-corrected chi connectivity index (χ3v) is 3.89. The van der Waals surface area contributed by atoms with Crippen LogP contribution in [-0.4, -0.2) is 37.5 Å². The highest BCUT2D eigenvalue weighted by Gasteiger charge is 2.37. The van der Waals surface area contributed by atoms with E-state index >= 15 is 0 Å². The fourth-order valence-electron chi connectivity index (χ4n) is 2.52. The van der Waals surface area contributed by atoms with Crippen LogP contribution in [0, 0.1) is 5.92 Å². The van der Waals surface area contributed by atoms with E-state index in [1.165, 1.54) is 0 Å². The van der Waals surface area contributed by atoms with Crippen LogP contribution < -0.4 is 15.4 Å². The number of anilines is 1. The SMILES string of the molecule is COc1cccc(NC2(CO)CCNCC2C)c1. The molecule has 0 saturated carbocycles. The van der Waals surface area contributed by atoms with Crippen LogP contribution in [0.4, 0.5) is 5.69 Å². The van der Waals surface area contributed by atoms with Gasteiger partial charge in [-0.1, -0.05) is 13.0 Å². The van der Waals surface area contributed by atoms with Crippen molar-refractivity contribution in [1.29, 1.82) is 0 Å². The molecule has 1 saturated heterocycles. The molecule has 1 aromatic carbocycles. The highest BCUT2D eigenvalue weighted by molar-refractivity contribution is 5.50. The van der Waals surface area contributed by atoms with E-state index in [2.05, 4.69) is 17.6 Å². The summed E-state index contributed by atoms with van der Waals surface area (Å²) in [6, 6.07) is 7.85. The molecule has 1 aliphatic rings. The first kappa shape index (κ1) is 13.2. The van der Waals surface area contributed by atoms with Gasteiger partial charge in [-0.15, -0.1) is 0 Å². The van der Waals surface area contributed by atoms with Crippen LogP contribution in [0.2, 0.25) is 0 Å². The topological polar surface area (TPSA) is 53.5 Å². The van der Waals surface area contributed by atoms with Crippen LogP contribution >= 0.6 is 0 Å². The summed E-state index contributed by atoms with van der Waals surface area (Å²) < 4.78 is 5.22. The second-order valence-corrected chi connectivity index (χ2v) is 5.03. The van der Waals surface area contributed by atoms with Gasteiger partial charge in [0.05, 0.1) is 19.3 Å². The number of hydrogen-bond acceptors (Lipinski definition) is 4. The zero-order valence-corrected chi connectivity index (χ0v) is 11.1. The minimum Gasteiger partial charge on any atom is -0.497 e. The van der Waals surface area contributed by atoms with Crippen molar-refractivity contribution in [1.82, 2.24) is 5.32 Å². The van der Waals surface area contributed by atoms with Gasteiger partial charge in [0.1, 0.15) is 5.75 Å². The lowest BCUT2D eigenvalue weighted by atomic mass is 9.80. The Morgan fingerprint density at radius 1 is 1.56 bits per heavy atom. The number of aliphatic hydroxyl groups is 1. The molecule has 0 spiro atoms. The van der Waals surface area contributed by atoms with Gasteiger partial charge in [0.2, 0.25) is 0 Å². The fourth-order valence-corrected chi connectivity index (χ4v) is 2.52. The lowest BCUT2D eigenvalue weighted by Crippen LogP contribution is -2.56. The fraction of sp³-hybridized carbons (Fsp3) is 0.571. The third kappa shape index (κ3) is 2.60. The van der Waals surface area contributed by atoms with Crippen LogP contribution in [0.1, 0.15) is 13.3 Å². The van der Waals surface area contributed by atoms with Gasteiger partial charge in [-0.05, 0) is 31.0 Å². The molecular weight excluding hydrogens is 228 g/mol. The molecule has 2 rings (SSSR count). The lowest BCUT2D eigenvalue weighted by molar-refractivity contribution is 0.135. The zero-order valence-electron chi connectivity index (χ0n) is 11.1. The molecule has 2 unspecified atom stereocenters. The largest absolute Gasteiger partial charge is 0.497 e. The summed E-state index contributed by atoms with van der Waals surface area (Å²) in [7, 11) is 1.66. The van der Waals surface area contributed by atoms with E-state index in [0.29, 0.717) is 5.92 Å². The number of nitrogens with one attached hydrogen (secondary N) is 2. The Morgan fingerprint density at radius 2 is 2.39 bits per heavy atom. The van der Waals surface area contributed by atoms with Crippen molar-refractivity contribution in [3.63, 3.8) is 0 Å². The summed E-state index contributed by atoms with van der Waals surface area (Å²) in [4.78, 5) is 0. The Morgan fingerprint density at radius 3 is 3.06 bits per heavy atom. The van der Waals surface area contributed by atoms with E-state index in [1.54, 1.807) is 7.11 Å². The van der Waals surface area contributed by atoms with Gasteiger partial charge in [-0.2, -0.15) is 0 Å². The van der Waals surface area contributed by atoms with Crippen molar-refractivity contribution in [2.24, 2.45) is 5.92 Å². The van der Waals surface area contributed by atoms with Gasteiger partial charge in [-0.3, -0.25) is 0 Å². The molecule has 0 bridgehead atoms. The summed E-state index contributed by atoms with van der Waals surface area (Å²) in [5.74, 6) is 1.21. The summed E-state index contributed by atoms with van der Waals surface area (Å²) in [5, 5.41) is 16.6. The van der Waals surface area contributed by atoms with Crippen molar-refractivity contribution in [2.45, 2.75) is 18.9 Å². The smallest absolute Gasteiger partial charge is 0.120 e. The van der Waals surface area contributed by atoms with E-state index in [0.717, 1.165) is 30.9 Å². The standard InChI is InChI=1S/C14H22N2O2/c1-11-9-15-7-6-14(11,10-17)16-12-4-3-5-13(8-12)18-2/h3-5,8,11,15-17H,6-7,9-10H2,1-2H3. The van der Waals surface area contributed by atoms with Crippen molar-refractivity contribution < 1.29 is 9.84 Å². The van der Waals surface area contributed by atoms with Crippen molar-refractivity contribution in [3.8, 4) is 5.75 Å². The molecule has 1 heterocycles. The molecule has 1 aromatic rings. The Labute approximate surface area is 108 Å². The maximum absolute atomic E-state index is 9.78. The van der Waals surface area contributed by atoms with Crippen molar-refractivity contribution >= 4 is 5.69 Å². The second-order valence-electron chi connectivity index (χ2n) is 5.03. The van der Waals surface area contributed by atoms with E-state index < -0.39 is 0 Å². The summed E-state index contributed by atoms with van der Waals surface area (Å²) in [6.07, 6.45) is 0.919. The molecule has 0 amide bonds. The molecule has 18 heavy (non-hydrogen) atoms. The Kier molecular flexibility index (Phi) is 4.09. The molecule has 2 atom stereocenters. The van der Waals surface area contributed by atoms with E-state index in [1.807, 2.05) is 24.3 Å². The molecular formula is C14H22N2O2. The van der Waals surface area contributed by atoms with Crippen LogP contribution in [0.15, 0.2) is 24.3 Å². The summed E-state index contributed by atoms with van der Waals surface area (Å²) in [6.45, 7) is 4.17. The number of rotatable bonds is 4. The van der Waals surface area contributed by atoms with Crippen LogP contribution in [-0.2, 0) is 0 Å². The molecule has 0 aromatic heterocycles. The number of aliphatic hydroxyl groups excluding tert-OH is 1. The lowest BCUT2D eigenvalue weighted by Gasteiger charge is -2.43. The molecule has 3 N–H and O–H groups in total. The minimum atomic E-state index is -0.238. The Bertz CT molecular complexity index is 397. The van der Waals surface area contributed by atoms with Crippen LogP contribution in [0.3, 0.4) is 0 Å².